The minimum absolute atomic E-state index is 0.0500. The third-order valence-corrected chi connectivity index (χ3v) is 2.79. The minimum Gasteiger partial charge on any atom is -0.302 e. The highest BCUT2D eigenvalue weighted by atomic mass is 16.1. The first-order valence-corrected chi connectivity index (χ1v) is 5.16. The summed E-state index contributed by atoms with van der Waals surface area (Å²) in [5, 5.41) is 3.35. The smallest absolute Gasteiger partial charge is 0.136 e. The minimum atomic E-state index is 0.0500. The van der Waals surface area contributed by atoms with E-state index < -0.39 is 0 Å². The quantitative estimate of drug-likeness (QED) is 0.721. The zero-order valence-corrected chi connectivity index (χ0v) is 8.15. The van der Waals surface area contributed by atoms with Crippen LogP contribution in [0, 0.1) is 0 Å². The van der Waals surface area contributed by atoms with Crippen molar-refractivity contribution in [2.75, 3.05) is 0 Å². The normalized spacial score (nSPS) is 27.1. The summed E-state index contributed by atoms with van der Waals surface area (Å²) in [5.41, 5.74) is 1.29. The highest BCUT2D eigenvalue weighted by Crippen LogP contribution is 2.24. The van der Waals surface area contributed by atoms with E-state index >= 15 is 0 Å². The molecule has 1 aromatic rings. The summed E-state index contributed by atoms with van der Waals surface area (Å²) >= 11 is 0. The summed E-state index contributed by atoms with van der Waals surface area (Å²) in [6.07, 6.45) is 4.27. The Morgan fingerprint density at radius 2 is 2.00 bits per heavy atom. The summed E-state index contributed by atoms with van der Waals surface area (Å²) in [7, 11) is 0. The number of rotatable bonds is 2. The third kappa shape index (κ3) is 2.02. The number of carbonyl (C=O) groups excluding carboxylic acids is 1. The predicted molar refractivity (Wildman–Crippen MR) is 56.0 cm³/mol. The van der Waals surface area contributed by atoms with E-state index in [4.69, 9.17) is 0 Å². The molecular weight excluding hydrogens is 174 g/mol. The van der Waals surface area contributed by atoms with Crippen LogP contribution in [0.25, 0.3) is 0 Å². The molecule has 74 valence electrons. The van der Waals surface area contributed by atoms with Crippen molar-refractivity contribution in [2.45, 2.75) is 31.3 Å². The summed E-state index contributed by atoms with van der Waals surface area (Å²) in [5.74, 6) is 0. The molecule has 1 fully saturated rings. The molecule has 0 bridgehead atoms. The van der Waals surface area contributed by atoms with Crippen LogP contribution in [-0.4, -0.2) is 12.3 Å². The molecule has 1 heterocycles. The van der Waals surface area contributed by atoms with Crippen LogP contribution in [0.2, 0.25) is 0 Å². The molecule has 1 aliphatic heterocycles. The highest BCUT2D eigenvalue weighted by Gasteiger charge is 2.20. The van der Waals surface area contributed by atoms with Gasteiger partial charge >= 0.3 is 0 Å². The summed E-state index contributed by atoms with van der Waals surface area (Å²) in [6, 6.07) is 10.7. The van der Waals surface area contributed by atoms with Crippen LogP contribution < -0.4 is 5.32 Å². The van der Waals surface area contributed by atoms with Crippen molar-refractivity contribution in [2.24, 2.45) is 0 Å². The third-order valence-electron chi connectivity index (χ3n) is 2.79. The first-order chi connectivity index (χ1) is 6.90. The largest absolute Gasteiger partial charge is 0.302 e. The predicted octanol–water partition coefficient (Wildman–Crippen LogP) is 2.07. The van der Waals surface area contributed by atoms with E-state index in [9.17, 15) is 4.79 Å². The molecule has 0 amide bonds. The van der Waals surface area contributed by atoms with Gasteiger partial charge in [-0.3, -0.25) is 0 Å². The lowest BCUT2D eigenvalue weighted by molar-refractivity contribution is -0.110. The standard InChI is InChI=1S/C12H15NO/c14-9-11-7-4-8-12(13-11)10-5-2-1-3-6-10/h1-3,5-6,9,11-13H,4,7-8H2. The fraction of sp³-hybridized carbons (Fsp3) is 0.417. The zero-order valence-electron chi connectivity index (χ0n) is 8.15. The molecule has 2 rings (SSSR count). The fourth-order valence-electron chi connectivity index (χ4n) is 2.02. The van der Waals surface area contributed by atoms with E-state index in [0.29, 0.717) is 6.04 Å². The lowest BCUT2D eigenvalue weighted by atomic mass is 9.94. The van der Waals surface area contributed by atoms with Crippen LogP contribution in [0.5, 0.6) is 0 Å². The van der Waals surface area contributed by atoms with E-state index in [1.807, 2.05) is 18.2 Å². The van der Waals surface area contributed by atoms with Gasteiger partial charge in [0.05, 0.1) is 6.04 Å². The van der Waals surface area contributed by atoms with E-state index in [1.54, 1.807) is 0 Å². The van der Waals surface area contributed by atoms with Gasteiger partial charge in [0.2, 0.25) is 0 Å². The Balaban J connectivity index is 2.08. The Hall–Kier alpha value is -1.15. The van der Waals surface area contributed by atoms with E-state index in [0.717, 1.165) is 25.5 Å². The Kier molecular flexibility index (Phi) is 2.94. The molecule has 1 aliphatic rings. The number of nitrogens with one attached hydrogen (secondary N) is 1. The van der Waals surface area contributed by atoms with Crippen molar-refractivity contribution in [3.8, 4) is 0 Å². The maximum absolute atomic E-state index is 10.7. The first-order valence-electron chi connectivity index (χ1n) is 5.16. The maximum Gasteiger partial charge on any atom is 0.136 e. The first kappa shape index (κ1) is 9.41. The Morgan fingerprint density at radius 3 is 2.71 bits per heavy atom. The van der Waals surface area contributed by atoms with Crippen LogP contribution in [0.15, 0.2) is 30.3 Å². The molecule has 1 N–H and O–H groups in total. The molecule has 2 heteroatoms. The number of hydrogen-bond donors (Lipinski definition) is 1. The molecule has 0 saturated carbocycles. The van der Waals surface area contributed by atoms with Crippen molar-refractivity contribution in [3.05, 3.63) is 35.9 Å². The second-order valence-corrected chi connectivity index (χ2v) is 3.80. The van der Waals surface area contributed by atoms with Crippen molar-refractivity contribution >= 4 is 6.29 Å². The van der Waals surface area contributed by atoms with Crippen molar-refractivity contribution in [1.82, 2.24) is 5.32 Å². The fourth-order valence-corrected chi connectivity index (χ4v) is 2.02. The monoisotopic (exact) mass is 189 g/mol. The molecule has 14 heavy (non-hydrogen) atoms. The molecule has 0 radical (unpaired) electrons. The Bertz CT molecular complexity index is 296. The molecule has 0 aromatic heterocycles. The van der Waals surface area contributed by atoms with E-state index in [2.05, 4.69) is 17.4 Å². The van der Waals surface area contributed by atoms with Gasteiger partial charge in [0.15, 0.2) is 0 Å². The van der Waals surface area contributed by atoms with Crippen molar-refractivity contribution < 1.29 is 4.79 Å². The van der Waals surface area contributed by atoms with Crippen LogP contribution >= 0.6 is 0 Å². The van der Waals surface area contributed by atoms with Crippen LogP contribution in [-0.2, 0) is 4.79 Å². The van der Waals surface area contributed by atoms with Gasteiger partial charge in [0, 0.05) is 6.04 Å². The van der Waals surface area contributed by atoms with Crippen LogP contribution in [0.4, 0.5) is 0 Å². The lowest BCUT2D eigenvalue weighted by Gasteiger charge is -2.28. The van der Waals surface area contributed by atoms with Gasteiger partial charge in [-0.05, 0) is 24.8 Å². The molecule has 1 saturated heterocycles. The molecular formula is C12H15NO. The summed E-state index contributed by atoms with van der Waals surface area (Å²) in [6.45, 7) is 0. The number of piperidine rings is 1. The van der Waals surface area contributed by atoms with Crippen molar-refractivity contribution in [3.63, 3.8) is 0 Å². The lowest BCUT2D eigenvalue weighted by Crippen LogP contribution is -2.37. The number of carbonyl (C=O) groups is 1. The average molecular weight is 189 g/mol. The van der Waals surface area contributed by atoms with E-state index in [-0.39, 0.29) is 6.04 Å². The van der Waals surface area contributed by atoms with Gasteiger partial charge < -0.3 is 10.1 Å². The zero-order chi connectivity index (χ0) is 9.80. The van der Waals surface area contributed by atoms with Gasteiger partial charge in [-0.15, -0.1) is 0 Å². The average Bonchev–Trinajstić information content (AvgIpc) is 2.30. The van der Waals surface area contributed by atoms with Gasteiger partial charge in [-0.2, -0.15) is 0 Å². The topological polar surface area (TPSA) is 29.1 Å². The second-order valence-electron chi connectivity index (χ2n) is 3.80. The van der Waals surface area contributed by atoms with Gasteiger partial charge in [0.1, 0.15) is 6.29 Å². The van der Waals surface area contributed by atoms with Crippen molar-refractivity contribution in [1.29, 1.82) is 0 Å². The van der Waals surface area contributed by atoms with Crippen LogP contribution in [0.1, 0.15) is 30.9 Å². The molecule has 2 unspecified atom stereocenters. The molecule has 0 spiro atoms. The second kappa shape index (κ2) is 4.38. The highest BCUT2D eigenvalue weighted by molar-refractivity contribution is 5.57. The Labute approximate surface area is 84.3 Å². The summed E-state index contributed by atoms with van der Waals surface area (Å²) < 4.78 is 0. The van der Waals surface area contributed by atoms with E-state index in [1.165, 1.54) is 5.56 Å². The van der Waals surface area contributed by atoms with Gasteiger partial charge in [0.25, 0.3) is 0 Å². The molecule has 2 atom stereocenters. The number of aldehydes is 1. The van der Waals surface area contributed by atoms with Gasteiger partial charge in [-0.25, -0.2) is 0 Å². The molecule has 0 aliphatic carbocycles. The molecule has 1 aromatic carbocycles. The Morgan fingerprint density at radius 1 is 1.21 bits per heavy atom. The van der Waals surface area contributed by atoms with Crippen LogP contribution in [0.3, 0.4) is 0 Å². The van der Waals surface area contributed by atoms with Gasteiger partial charge in [-0.1, -0.05) is 30.3 Å². The number of hydrogen-bond acceptors (Lipinski definition) is 2. The molecule has 2 nitrogen and oxygen atoms in total. The SMILES string of the molecule is O=CC1CCCC(c2ccccc2)N1. The maximum atomic E-state index is 10.7. The summed E-state index contributed by atoms with van der Waals surface area (Å²) in [4.78, 5) is 10.7. The number of benzene rings is 1.